The molecule has 1 aromatic heterocycles. The second kappa shape index (κ2) is 16.3. The van der Waals surface area contributed by atoms with Gasteiger partial charge in [-0.1, -0.05) is 91.6 Å². The fraction of sp³-hybridized carbons (Fsp3) is 0.258. The summed E-state index contributed by atoms with van der Waals surface area (Å²) in [6.45, 7) is 6.62. The van der Waals surface area contributed by atoms with Gasteiger partial charge in [-0.25, -0.2) is 0 Å². The Bertz CT molecular complexity index is 1460. The first-order valence-corrected chi connectivity index (χ1v) is 14.4. The van der Waals surface area contributed by atoms with Crippen molar-refractivity contribution in [2.45, 2.75) is 45.6 Å². The number of carbonyl (C=O) groups is 2. The van der Waals surface area contributed by atoms with Gasteiger partial charge in [0.2, 0.25) is 0 Å². The van der Waals surface area contributed by atoms with E-state index in [4.69, 9.17) is 23.2 Å². The summed E-state index contributed by atoms with van der Waals surface area (Å²) >= 11 is 13.8. The monoisotopic (exact) mass is 620 g/mol. The van der Waals surface area contributed by atoms with Gasteiger partial charge in [-0.3, -0.25) is 4.79 Å². The van der Waals surface area contributed by atoms with Crippen molar-refractivity contribution >= 4 is 52.9 Å². The number of rotatable bonds is 8. The van der Waals surface area contributed by atoms with E-state index < -0.39 is 11.4 Å². The zero-order chi connectivity index (χ0) is 29.3. The van der Waals surface area contributed by atoms with Gasteiger partial charge in [0.25, 0.3) is 6.47 Å². The molecule has 0 saturated heterocycles. The molecule has 1 saturated carbocycles. The molecule has 0 aliphatic heterocycles. The minimum absolute atomic E-state index is 0. The van der Waals surface area contributed by atoms with Crippen LogP contribution < -0.4 is 40.0 Å². The van der Waals surface area contributed by atoms with Crippen molar-refractivity contribution in [2.75, 3.05) is 12.4 Å². The Balaban J connectivity index is 0.000000355. The van der Waals surface area contributed by atoms with Crippen LogP contribution in [0.5, 0.6) is 0 Å². The molecule has 0 amide bonds. The Kier molecular flexibility index (Phi) is 13.8. The first-order chi connectivity index (χ1) is 19.3. The van der Waals surface area contributed by atoms with E-state index in [1.165, 1.54) is 11.5 Å². The summed E-state index contributed by atoms with van der Waals surface area (Å²) < 4.78 is 8.95. The van der Waals surface area contributed by atoms with E-state index in [0.717, 1.165) is 44.1 Å². The summed E-state index contributed by atoms with van der Waals surface area (Å²) in [5, 5.41) is 15.8. The number of halogens is 2. The molecule has 1 N–H and O–H groups in total. The van der Waals surface area contributed by atoms with Crippen LogP contribution in [-0.4, -0.2) is 23.9 Å². The van der Waals surface area contributed by atoms with E-state index >= 15 is 0 Å². The van der Waals surface area contributed by atoms with Crippen LogP contribution in [0.2, 0.25) is 10.0 Å². The Labute approximate surface area is 277 Å². The van der Waals surface area contributed by atoms with Gasteiger partial charge in [-0.15, -0.1) is 0 Å². The third kappa shape index (κ3) is 8.34. The summed E-state index contributed by atoms with van der Waals surface area (Å²) in [5.74, 6) is -0.988. The fourth-order valence-corrected chi connectivity index (χ4v) is 5.57. The number of nitrogens with one attached hydrogen (secondary N) is 1. The van der Waals surface area contributed by atoms with Gasteiger partial charge in [0.15, 0.2) is 0 Å². The van der Waals surface area contributed by atoms with Crippen LogP contribution in [0.4, 0.5) is 5.69 Å². The van der Waals surface area contributed by atoms with E-state index in [1.807, 2.05) is 88.5 Å². The first kappa shape index (κ1) is 34.8. The third-order valence-corrected chi connectivity index (χ3v) is 8.17. The molecule has 210 valence electrons. The Morgan fingerprint density at radius 3 is 2.22 bits per heavy atom. The number of carboxylic acid groups (broad SMARTS) is 1. The van der Waals surface area contributed by atoms with Crippen LogP contribution in [0, 0.1) is 6.92 Å². The predicted molar refractivity (Wildman–Crippen MR) is 162 cm³/mol. The number of ether oxygens (including phenoxy) is 1. The zero-order valence-corrected chi connectivity index (χ0v) is 28.1. The van der Waals surface area contributed by atoms with Gasteiger partial charge in [-0.05, 0) is 60.1 Å². The van der Waals surface area contributed by atoms with Crippen molar-refractivity contribution in [1.82, 2.24) is 4.37 Å². The average Bonchev–Trinajstić information content (AvgIpc) is 3.71. The summed E-state index contributed by atoms with van der Waals surface area (Å²) in [5.41, 5.74) is 5.71. The third-order valence-electron chi connectivity index (χ3n) is 6.50. The largest absolute Gasteiger partial charge is 1.00 e. The molecule has 1 fully saturated rings. The predicted octanol–water partition coefficient (Wildman–Crippen LogP) is 4.31. The molecule has 5 rings (SSSR count). The zero-order valence-electron chi connectivity index (χ0n) is 23.8. The number of nitrogens with zero attached hydrogens (tertiary/aromatic N) is 1. The molecular formula is C31H31Cl2N2NaO4S. The summed E-state index contributed by atoms with van der Waals surface area (Å²) in [7, 11) is 1.89. The maximum Gasteiger partial charge on any atom is 1.00 e. The van der Waals surface area contributed by atoms with Crippen LogP contribution in [0.15, 0.2) is 66.7 Å². The number of aromatic nitrogens is 1. The average molecular weight is 622 g/mol. The molecule has 0 spiro atoms. The van der Waals surface area contributed by atoms with Crippen LogP contribution >= 0.6 is 34.7 Å². The molecule has 0 atom stereocenters. The van der Waals surface area contributed by atoms with E-state index in [-0.39, 0.29) is 36.2 Å². The van der Waals surface area contributed by atoms with Crippen molar-refractivity contribution in [3.05, 3.63) is 93.6 Å². The van der Waals surface area contributed by atoms with Crippen molar-refractivity contribution in [3.8, 4) is 21.6 Å². The van der Waals surface area contributed by atoms with Gasteiger partial charge in [0.1, 0.15) is 6.61 Å². The molecule has 41 heavy (non-hydrogen) atoms. The second-order valence-corrected chi connectivity index (χ2v) is 10.5. The number of anilines is 1. The number of carboxylic acids is 1. The topological polar surface area (TPSA) is 91.4 Å². The molecule has 4 aromatic rings. The Hall–Kier alpha value is -2.39. The maximum atomic E-state index is 11.4. The molecule has 1 aliphatic carbocycles. The molecule has 10 heteroatoms. The van der Waals surface area contributed by atoms with Gasteiger partial charge in [0.05, 0.1) is 22.2 Å². The normalized spacial score (nSPS) is 12.3. The molecule has 1 heterocycles. The number of hydrogen-bond donors (Lipinski definition) is 1. The van der Waals surface area contributed by atoms with Crippen molar-refractivity contribution in [1.29, 1.82) is 0 Å². The first-order valence-electron chi connectivity index (χ1n) is 12.9. The minimum Gasteiger partial charge on any atom is -0.549 e. The molecule has 6 nitrogen and oxygen atoms in total. The molecule has 3 aromatic carbocycles. The van der Waals surface area contributed by atoms with E-state index in [1.54, 1.807) is 6.07 Å². The molecule has 1 aliphatic rings. The van der Waals surface area contributed by atoms with Crippen LogP contribution in [0.1, 0.15) is 43.5 Å². The van der Waals surface area contributed by atoms with Crippen molar-refractivity contribution in [3.63, 3.8) is 0 Å². The maximum absolute atomic E-state index is 11.4. The number of aryl methyl sites for hydroxylation is 1. The number of carbonyl (C=O) groups excluding carboxylic acids is 2. The minimum atomic E-state index is -0.988. The number of hydrogen-bond acceptors (Lipinski definition) is 7. The smallest absolute Gasteiger partial charge is 0.549 e. The van der Waals surface area contributed by atoms with Crippen LogP contribution in [0.3, 0.4) is 0 Å². The van der Waals surface area contributed by atoms with Gasteiger partial charge in [0, 0.05) is 33.6 Å². The summed E-state index contributed by atoms with van der Waals surface area (Å²) in [6, 6.07) is 20.8. The standard InChI is InChI=1S/C21H19ClN2O2S.C8H7ClO2.C2H6.Na/c1-12-18(23-2)19(27-24-12)14-5-8-16(17(22)11-14)13-3-6-15(7-4-13)21(9-10-21)20(25)26;9-8-4-2-1-3-7(8)5-11-6-10;1-2;/h3-8,11,23H,9-10H2,1-2H3,(H,25,26);1-4,6H,5H2;1-2H3;/q;;;+1/p-1. The molecular weight excluding hydrogens is 590 g/mol. The molecule has 0 radical (unpaired) electrons. The van der Waals surface area contributed by atoms with E-state index in [2.05, 4.69) is 14.4 Å². The van der Waals surface area contributed by atoms with E-state index in [9.17, 15) is 14.7 Å². The number of benzene rings is 3. The van der Waals surface area contributed by atoms with Gasteiger partial charge < -0.3 is 20.0 Å². The van der Waals surface area contributed by atoms with Gasteiger partial charge in [-0.2, -0.15) is 4.37 Å². The van der Waals surface area contributed by atoms with Crippen LogP contribution in [-0.2, 0) is 26.3 Å². The fourth-order valence-electron chi connectivity index (χ4n) is 4.20. The molecule has 0 unspecified atom stereocenters. The molecule has 0 bridgehead atoms. The Morgan fingerprint density at radius 1 is 1.05 bits per heavy atom. The second-order valence-electron chi connectivity index (χ2n) is 8.86. The van der Waals surface area contributed by atoms with Crippen molar-refractivity contribution < 1.29 is 49.0 Å². The van der Waals surface area contributed by atoms with Gasteiger partial charge >= 0.3 is 29.6 Å². The summed E-state index contributed by atoms with van der Waals surface area (Å²) in [6.07, 6.45) is 1.29. The van der Waals surface area contributed by atoms with E-state index in [0.29, 0.717) is 29.4 Å². The summed E-state index contributed by atoms with van der Waals surface area (Å²) in [4.78, 5) is 22.3. The Morgan fingerprint density at radius 2 is 1.68 bits per heavy atom. The van der Waals surface area contributed by atoms with Crippen molar-refractivity contribution in [2.24, 2.45) is 0 Å². The number of aliphatic carboxylic acids is 1. The van der Waals surface area contributed by atoms with Crippen LogP contribution in [0.25, 0.3) is 21.6 Å². The SMILES string of the molecule is CC.CNc1c(C)nsc1-c1ccc(-c2ccc(C3(C(=O)[O-])CC3)cc2)c(Cl)c1.O=COCc1ccccc1Cl.[Na+]. The quantitative estimate of drug-likeness (QED) is 0.233.